The SMILES string of the molecule is COC(=O)Oc1ccc([S+](C)Cc2ccccc2)cc1.CS(=O)(=O)[O-]. The molecule has 0 aliphatic heterocycles. The Kier molecular flexibility index (Phi) is 8.47. The highest BCUT2D eigenvalue weighted by molar-refractivity contribution is 7.95. The summed E-state index contributed by atoms with van der Waals surface area (Å²) in [6.45, 7) is 0. The number of rotatable bonds is 4. The van der Waals surface area contributed by atoms with Crippen LogP contribution in [0.5, 0.6) is 5.75 Å². The van der Waals surface area contributed by atoms with Crippen LogP contribution in [-0.2, 0) is 31.5 Å². The van der Waals surface area contributed by atoms with Gasteiger partial charge in [0.05, 0.1) is 17.2 Å². The van der Waals surface area contributed by atoms with Gasteiger partial charge in [0.25, 0.3) is 0 Å². The Morgan fingerprint density at radius 3 is 2.08 bits per heavy atom. The molecule has 2 aromatic carbocycles. The maximum Gasteiger partial charge on any atom is 0.513 e. The Morgan fingerprint density at radius 1 is 1.08 bits per heavy atom. The van der Waals surface area contributed by atoms with Crippen LogP contribution in [-0.4, -0.2) is 38.7 Å². The van der Waals surface area contributed by atoms with Gasteiger partial charge in [-0.1, -0.05) is 30.3 Å². The number of benzene rings is 2. The molecule has 25 heavy (non-hydrogen) atoms. The Balaban J connectivity index is 0.000000550. The number of hydrogen-bond donors (Lipinski definition) is 0. The van der Waals surface area contributed by atoms with Crippen molar-refractivity contribution in [1.29, 1.82) is 0 Å². The number of ether oxygens (including phenoxy) is 2. The molecule has 136 valence electrons. The van der Waals surface area contributed by atoms with Gasteiger partial charge in [0.1, 0.15) is 17.8 Å². The Morgan fingerprint density at radius 2 is 1.60 bits per heavy atom. The second-order valence-electron chi connectivity index (χ2n) is 5.00. The van der Waals surface area contributed by atoms with Gasteiger partial charge in [-0.3, -0.25) is 0 Å². The van der Waals surface area contributed by atoms with Crippen molar-refractivity contribution in [3.8, 4) is 5.75 Å². The van der Waals surface area contributed by atoms with E-state index in [9.17, 15) is 4.79 Å². The highest BCUT2D eigenvalue weighted by Gasteiger charge is 2.16. The van der Waals surface area contributed by atoms with Gasteiger partial charge in [-0.15, -0.1) is 0 Å². The van der Waals surface area contributed by atoms with Gasteiger partial charge in [-0.25, -0.2) is 13.2 Å². The van der Waals surface area contributed by atoms with Crippen LogP contribution in [0.2, 0.25) is 0 Å². The first-order chi connectivity index (χ1) is 11.7. The van der Waals surface area contributed by atoms with Gasteiger partial charge in [-0.2, -0.15) is 0 Å². The largest absolute Gasteiger partial charge is 0.748 e. The van der Waals surface area contributed by atoms with Crippen molar-refractivity contribution < 1.29 is 27.2 Å². The lowest BCUT2D eigenvalue weighted by Crippen LogP contribution is -2.08. The van der Waals surface area contributed by atoms with Crippen molar-refractivity contribution in [2.24, 2.45) is 0 Å². The zero-order valence-corrected chi connectivity index (χ0v) is 15.8. The molecule has 0 heterocycles. The summed E-state index contributed by atoms with van der Waals surface area (Å²) in [5.74, 6) is 1.51. The highest BCUT2D eigenvalue weighted by atomic mass is 32.2. The minimum absolute atomic E-state index is 0.121. The summed E-state index contributed by atoms with van der Waals surface area (Å²) >= 11 is 0. The monoisotopic (exact) mass is 384 g/mol. The first-order valence-corrected chi connectivity index (χ1v) is 10.7. The van der Waals surface area contributed by atoms with E-state index < -0.39 is 16.3 Å². The molecule has 8 heteroatoms. The molecule has 2 rings (SSSR count). The van der Waals surface area contributed by atoms with Crippen LogP contribution in [0.3, 0.4) is 0 Å². The molecule has 0 spiro atoms. The van der Waals surface area contributed by atoms with Crippen LogP contribution in [0.25, 0.3) is 0 Å². The lowest BCUT2D eigenvalue weighted by molar-refractivity contribution is 0.121. The normalized spacial score (nSPS) is 11.7. The zero-order chi connectivity index (χ0) is 18.9. The van der Waals surface area contributed by atoms with Crippen molar-refractivity contribution in [3.05, 3.63) is 60.2 Å². The fraction of sp³-hybridized carbons (Fsp3) is 0.235. The lowest BCUT2D eigenvalue weighted by atomic mass is 10.2. The smallest absolute Gasteiger partial charge is 0.513 e. The molecule has 1 unspecified atom stereocenters. The molecular formula is C17H20O6S2. The third-order valence-electron chi connectivity index (χ3n) is 2.82. The van der Waals surface area contributed by atoms with Gasteiger partial charge >= 0.3 is 6.16 Å². The number of hydrogen-bond acceptors (Lipinski definition) is 6. The van der Waals surface area contributed by atoms with Crippen LogP contribution >= 0.6 is 0 Å². The summed E-state index contributed by atoms with van der Waals surface area (Å²) < 4.78 is 36.6. The first kappa shape index (κ1) is 21.0. The standard InChI is InChI=1S/C16H17O3S.CH4O3S/c1-18-16(17)19-14-8-10-15(11-9-14)20(2)12-13-6-4-3-5-7-13;1-5(2,3)4/h3-11H,12H2,1-2H3;1H3,(H,2,3,4)/q+1;/p-1. The minimum Gasteiger partial charge on any atom is -0.748 e. The van der Waals surface area contributed by atoms with E-state index in [1.807, 2.05) is 18.2 Å². The molecule has 0 fully saturated rings. The molecule has 0 bridgehead atoms. The van der Waals surface area contributed by atoms with Crippen molar-refractivity contribution >= 4 is 27.2 Å². The summed E-state index contributed by atoms with van der Waals surface area (Å²) in [5, 5.41) is 0. The molecule has 0 radical (unpaired) electrons. The third-order valence-corrected chi connectivity index (χ3v) is 4.66. The second-order valence-corrected chi connectivity index (χ2v) is 8.44. The van der Waals surface area contributed by atoms with Crippen LogP contribution in [0, 0.1) is 0 Å². The number of carbonyl (C=O) groups is 1. The summed E-state index contributed by atoms with van der Waals surface area (Å²) in [6, 6.07) is 18.0. The minimum atomic E-state index is -3.92. The predicted octanol–water partition coefficient (Wildman–Crippen LogP) is 2.80. The van der Waals surface area contributed by atoms with Gasteiger partial charge < -0.3 is 14.0 Å². The summed E-state index contributed by atoms with van der Waals surface area (Å²) in [7, 11) is -2.50. The molecule has 1 atom stereocenters. The lowest BCUT2D eigenvalue weighted by Gasteiger charge is -2.05. The van der Waals surface area contributed by atoms with Gasteiger partial charge in [0.15, 0.2) is 4.90 Å². The van der Waals surface area contributed by atoms with Gasteiger partial charge in [0.2, 0.25) is 0 Å². The van der Waals surface area contributed by atoms with E-state index in [1.165, 1.54) is 17.6 Å². The van der Waals surface area contributed by atoms with Crippen LogP contribution in [0.4, 0.5) is 4.79 Å². The summed E-state index contributed by atoms with van der Waals surface area (Å²) in [5.41, 5.74) is 1.33. The maximum atomic E-state index is 11.0. The van der Waals surface area contributed by atoms with E-state index in [0.717, 1.165) is 5.75 Å². The van der Waals surface area contributed by atoms with Crippen molar-refractivity contribution in [1.82, 2.24) is 0 Å². The summed E-state index contributed by atoms with van der Waals surface area (Å²) in [6.07, 6.45) is 2.12. The molecule has 0 saturated heterocycles. The zero-order valence-electron chi connectivity index (χ0n) is 14.2. The van der Waals surface area contributed by atoms with Crippen LogP contribution in [0.15, 0.2) is 59.5 Å². The average molecular weight is 384 g/mol. The molecule has 6 nitrogen and oxygen atoms in total. The molecule has 0 aromatic heterocycles. The predicted molar refractivity (Wildman–Crippen MR) is 96.8 cm³/mol. The Labute approximate surface area is 150 Å². The number of methoxy groups -OCH3 is 1. The summed E-state index contributed by atoms with van der Waals surface area (Å²) in [4.78, 5) is 12.2. The average Bonchev–Trinajstić information content (AvgIpc) is 2.54. The van der Waals surface area contributed by atoms with E-state index in [0.29, 0.717) is 12.0 Å². The van der Waals surface area contributed by atoms with Crippen molar-refractivity contribution in [3.63, 3.8) is 0 Å². The fourth-order valence-electron chi connectivity index (χ4n) is 1.79. The maximum absolute atomic E-state index is 11.0. The quantitative estimate of drug-likeness (QED) is 0.348. The van der Waals surface area contributed by atoms with Crippen molar-refractivity contribution in [2.75, 3.05) is 19.6 Å². The molecule has 0 aliphatic carbocycles. The Bertz CT molecular complexity index is 749. The first-order valence-electron chi connectivity index (χ1n) is 7.12. The number of carbonyl (C=O) groups excluding carboxylic acids is 1. The van der Waals surface area contributed by atoms with E-state index in [4.69, 9.17) is 17.7 Å². The molecule has 0 N–H and O–H groups in total. The van der Waals surface area contributed by atoms with E-state index in [-0.39, 0.29) is 10.9 Å². The molecular weight excluding hydrogens is 364 g/mol. The molecule has 0 saturated carbocycles. The van der Waals surface area contributed by atoms with Gasteiger partial charge in [0, 0.05) is 22.7 Å². The fourth-order valence-corrected chi connectivity index (χ4v) is 3.25. The topological polar surface area (TPSA) is 92.7 Å². The van der Waals surface area contributed by atoms with E-state index in [1.54, 1.807) is 12.1 Å². The van der Waals surface area contributed by atoms with E-state index in [2.05, 4.69) is 35.3 Å². The molecule has 0 amide bonds. The molecule has 2 aromatic rings. The van der Waals surface area contributed by atoms with Crippen LogP contribution < -0.4 is 4.74 Å². The molecule has 0 aliphatic rings. The highest BCUT2D eigenvalue weighted by Crippen LogP contribution is 2.20. The third kappa shape index (κ3) is 9.75. The van der Waals surface area contributed by atoms with E-state index >= 15 is 0 Å². The Hall–Kier alpha value is -2.03. The van der Waals surface area contributed by atoms with Crippen LogP contribution in [0.1, 0.15) is 5.56 Å². The van der Waals surface area contributed by atoms with Crippen molar-refractivity contribution in [2.45, 2.75) is 10.6 Å². The second kappa shape index (κ2) is 10.1. The van der Waals surface area contributed by atoms with Gasteiger partial charge in [-0.05, 0) is 24.3 Å².